The third-order valence-electron chi connectivity index (χ3n) is 6.22. The molecule has 0 unspecified atom stereocenters. The van der Waals surface area contributed by atoms with Gasteiger partial charge in [0.25, 0.3) is 5.91 Å². The van der Waals surface area contributed by atoms with Crippen LogP contribution in [0, 0.1) is 5.82 Å². The molecule has 2 amide bonds. The number of hydrogen-bond acceptors (Lipinski definition) is 5. The molecule has 0 spiro atoms. The second-order valence-corrected chi connectivity index (χ2v) is 8.46. The molecule has 0 saturated heterocycles. The largest absolute Gasteiger partial charge is 0.493 e. The summed E-state index contributed by atoms with van der Waals surface area (Å²) >= 11 is 0. The molecule has 0 saturated carbocycles. The summed E-state index contributed by atoms with van der Waals surface area (Å²) in [6.45, 7) is 2.72. The first-order valence-corrected chi connectivity index (χ1v) is 11.3. The number of anilines is 1. The number of halogens is 1. The highest BCUT2D eigenvalue weighted by molar-refractivity contribution is 6.11. The van der Waals surface area contributed by atoms with Crippen molar-refractivity contribution >= 4 is 17.5 Å². The molecule has 1 aliphatic rings. The molecule has 4 rings (SSSR count). The maximum absolute atomic E-state index is 13.4. The van der Waals surface area contributed by atoms with Crippen molar-refractivity contribution in [3.8, 4) is 11.5 Å². The molecule has 3 N–H and O–H groups in total. The molecule has 0 aliphatic carbocycles. The Labute approximate surface area is 203 Å². The minimum absolute atomic E-state index is 0.0302. The Bertz CT molecular complexity index is 1240. The second-order valence-electron chi connectivity index (χ2n) is 8.46. The van der Waals surface area contributed by atoms with Crippen LogP contribution in [0.4, 0.5) is 10.1 Å². The Morgan fingerprint density at radius 3 is 2.31 bits per heavy atom. The van der Waals surface area contributed by atoms with Gasteiger partial charge in [-0.15, -0.1) is 0 Å². The molecule has 0 bridgehead atoms. The lowest BCUT2D eigenvalue weighted by molar-refractivity contribution is 0.0976. The summed E-state index contributed by atoms with van der Waals surface area (Å²) in [4.78, 5) is 26.6. The zero-order chi connectivity index (χ0) is 24.9. The Hall–Kier alpha value is -3.91. The first-order chi connectivity index (χ1) is 16.9. The van der Waals surface area contributed by atoms with Crippen LogP contribution >= 0.6 is 0 Å². The number of benzene rings is 3. The van der Waals surface area contributed by atoms with Crippen molar-refractivity contribution in [2.45, 2.75) is 19.4 Å². The lowest BCUT2D eigenvalue weighted by Gasteiger charge is -2.29. The van der Waals surface area contributed by atoms with Crippen molar-refractivity contribution in [1.29, 1.82) is 0 Å². The number of carbonyl (C=O) groups is 2. The summed E-state index contributed by atoms with van der Waals surface area (Å²) in [7, 11) is 3.30. The van der Waals surface area contributed by atoms with Crippen LogP contribution in [0.1, 0.15) is 37.4 Å². The van der Waals surface area contributed by atoms with Crippen LogP contribution in [0.15, 0.2) is 54.6 Å². The number of carbonyl (C=O) groups excluding carboxylic acids is 2. The number of nitrogens with zero attached hydrogens (tertiary/aromatic N) is 1. The average Bonchev–Trinajstić information content (AvgIpc) is 2.87. The quantitative estimate of drug-likeness (QED) is 0.515. The lowest BCUT2D eigenvalue weighted by atomic mass is 9.98. The third-order valence-corrected chi connectivity index (χ3v) is 6.22. The van der Waals surface area contributed by atoms with E-state index in [1.807, 2.05) is 24.3 Å². The third kappa shape index (κ3) is 5.60. The molecule has 35 heavy (non-hydrogen) atoms. The summed E-state index contributed by atoms with van der Waals surface area (Å²) < 4.78 is 24.3. The summed E-state index contributed by atoms with van der Waals surface area (Å²) in [5.41, 5.74) is 9.42. The van der Waals surface area contributed by atoms with Gasteiger partial charge in [-0.25, -0.2) is 4.39 Å². The normalized spacial score (nSPS) is 13.1. The molecule has 3 aromatic carbocycles. The van der Waals surface area contributed by atoms with Crippen LogP contribution in [0.2, 0.25) is 0 Å². The first-order valence-electron chi connectivity index (χ1n) is 11.3. The summed E-state index contributed by atoms with van der Waals surface area (Å²) in [6.07, 6.45) is 1.82. The van der Waals surface area contributed by atoms with Crippen molar-refractivity contribution in [3.63, 3.8) is 0 Å². The molecule has 1 aliphatic heterocycles. The number of primary amides is 1. The monoisotopic (exact) mass is 477 g/mol. The molecule has 1 heterocycles. The van der Waals surface area contributed by atoms with Gasteiger partial charge in [0.1, 0.15) is 5.82 Å². The fourth-order valence-corrected chi connectivity index (χ4v) is 4.29. The predicted octanol–water partition coefficient (Wildman–Crippen LogP) is 3.79. The zero-order valence-electron chi connectivity index (χ0n) is 19.8. The van der Waals surface area contributed by atoms with Gasteiger partial charge in [0, 0.05) is 25.3 Å². The van der Waals surface area contributed by atoms with E-state index < -0.39 is 17.6 Å². The van der Waals surface area contributed by atoms with Gasteiger partial charge in [-0.3, -0.25) is 14.5 Å². The van der Waals surface area contributed by atoms with Gasteiger partial charge in [-0.2, -0.15) is 0 Å². The Balaban J connectivity index is 1.35. The van der Waals surface area contributed by atoms with Crippen LogP contribution in [-0.4, -0.2) is 44.0 Å². The van der Waals surface area contributed by atoms with E-state index in [0.29, 0.717) is 5.69 Å². The highest BCUT2D eigenvalue weighted by atomic mass is 19.1. The van der Waals surface area contributed by atoms with E-state index in [-0.39, 0.29) is 11.1 Å². The topological polar surface area (TPSA) is 93.9 Å². The fraction of sp³-hybridized carbons (Fsp3) is 0.259. The fourth-order valence-electron chi connectivity index (χ4n) is 4.29. The molecule has 182 valence electrons. The summed E-state index contributed by atoms with van der Waals surface area (Å²) in [5, 5.41) is 2.74. The molecule has 0 atom stereocenters. The predicted molar refractivity (Wildman–Crippen MR) is 132 cm³/mol. The Morgan fingerprint density at radius 2 is 1.66 bits per heavy atom. The molecule has 3 aromatic rings. The minimum Gasteiger partial charge on any atom is -0.493 e. The van der Waals surface area contributed by atoms with Crippen molar-refractivity contribution in [1.82, 2.24) is 4.90 Å². The molecule has 0 fully saturated rings. The first kappa shape index (κ1) is 24.2. The molecular weight excluding hydrogens is 449 g/mol. The van der Waals surface area contributed by atoms with Gasteiger partial charge in [-0.05, 0) is 72.0 Å². The van der Waals surface area contributed by atoms with Crippen molar-refractivity contribution in [2.75, 3.05) is 32.6 Å². The van der Waals surface area contributed by atoms with E-state index in [0.717, 1.165) is 61.7 Å². The van der Waals surface area contributed by atoms with Crippen LogP contribution < -0.4 is 20.5 Å². The standard InChI is InChI=1S/C27H28FN3O4/c1-34-24-13-18-10-12-31(16-19(18)14-25(24)35-2)11-9-17-3-6-21(7-4-17)30-27(33)22-8-5-20(28)15-23(22)26(29)32/h3-8,13-15H,9-12,16H2,1-2H3,(H2,29,32)(H,30,33). The number of hydrogen-bond donors (Lipinski definition) is 2. The van der Waals surface area contributed by atoms with Crippen molar-refractivity contribution in [3.05, 3.63) is 88.2 Å². The Morgan fingerprint density at radius 1 is 0.971 bits per heavy atom. The maximum atomic E-state index is 13.4. The van der Waals surface area contributed by atoms with Crippen LogP contribution in [-0.2, 0) is 19.4 Å². The van der Waals surface area contributed by atoms with Gasteiger partial charge in [0.05, 0.1) is 25.3 Å². The minimum atomic E-state index is -0.858. The molecule has 8 heteroatoms. The number of nitrogens with two attached hydrogens (primary N) is 1. The highest BCUT2D eigenvalue weighted by Gasteiger charge is 2.20. The van der Waals surface area contributed by atoms with Crippen molar-refractivity contribution in [2.24, 2.45) is 5.73 Å². The maximum Gasteiger partial charge on any atom is 0.256 e. The van der Waals surface area contributed by atoms with E-state index in [9.17, 15) is 14.0 Å². The van der Waals surface area contributed by atoms with E-state index in [1.165, 1.54) is 17.2 Å². The number of rotatable bonds is 8. The molecular formula is C27H28FN3O4. The van der Waals surface area contributed by atoms with Crippen LogP contribution in [0.5, 0.6) is 11.5 Å². The number of fused-ring (bicyclic) bond motifs is 1. The van der Waals surface area contributed by atoms with E-state index in [1.54, 1.807) is 14.2 Å². The second kappa shape index (κ2) is 10.6. The molecule has 0 aromatic heterocycles. The Kier molecular flexibility index (Phi) is 7.31. The molecule has 7 nitrogen and oxygen atoms in total. The summed E-state index contributed by atoms with van der Waals surface area (Å²) in [6, 6.07) is 15.0. The SMILES string of the molecule is COc1cc2c(cc1OC)CN(CCc1ccc(NC(=O)c3ccc(F)cc3C(N)=O)cc1)CC2. The molecule has 0 radical (unpaired) electrons. The number of nitrogens with one attached hydrogen (secondary N) is 1. The van der Waals surface area contributed by atoms with E-state index in [4.69, 9.17) is 15.2 Å². The van der Waals surface area contributed by atoms with Gasteiger partial charge in [0.2, 0.25) is 5.91 Å². The smallest absolute Gasteiger partial charge is 0.256 e. The zero-order valence-corrected chi connectivity index (χ0v) is 19.8. The van der Waals surface area contributed by atoms with Crippen LogP contribution in [0.25, 0.3) is 0 Å². The van der Waals surface area contributed by atoms with E-state index >= 15 is 0 Å². The average molecular weight is 478 g/mol. The van der Waals surface area contributed by atoms with Gasteiger partial charge >= 0.3 is 0 Å². The van der Waals surface area contributed by atoms with Gasteiger partial charge in [0.15, 0.2) is 11.5 Å². The van der Waals surface area contributed by atoms with E-state index in [2.05, 4.69) is 22.3 Å². The van der Waals surface area contributed by atoms with Crippen molar-refractivity contribution < 1.29 is 23.5 Å². The number of methoxy groups -OCH3 is 2. The number of ether oxygens (including phenoxy) is 2. The lowest BCUT2D eigenvalue weighted by Crippen LogP contribution is -2.32. The highest BCUT2D eigenvalue weighted by Crippen LogP contribution is 2.33. The number of amides is 2. The van der Waals surface area contributed by atoms with Gasteiger partial charge < -0.3 is 20.5 Å². The van der Waals surface area contributed by atoms with Gasteiger partial charge in [-0.1, -0.05) is 12.1 Å². The van der Waals surface area contributed by atoms with Crippen LogP contribution in [0.3, 0.4) is 0 Å². The summed E-state index contributed by atoms with van der Waals surface area (Å²) in [5.74, 6) is -0.504.